The van der Waals surface area contributed by atoms with Gasteiger partial charge in [-0.05, 0) is 38.6 Å². The Hall–Kier alpha value is -1.68. The van der Waals surface area contributed by atoms with Gasteiger partial charge in [-0.15, -0.1) is 0 Å². The highest BCUT2D eigenvalue weighted by Crippen LogP contribution is 2.35. The first-order valence-corrected chi connectivity index (χ1v) is 7.22. The van der Waals surface area contributed by atoms with Crippen LogP contribution in [0.15, 0.2) is 18.2 Å². The van der Waals surface area contributed by atoms with Crippen molar-refractivity contribution in [3.63, 3.8) is 0 Å². The number of hydrogen-bond acceptors (Lipinski definition) is 4. The predicted octanol–water partition coefficient (Wildman–Crippen LogP) is 2.63. The first kappa shape index (κ1) is 17.4. The Balaban J connectivity index is 3.20. The van der Waals surface area contributed by atoms with E-state index in [0.717, 1.165) is 24.1 Å². The van der Waals surface area contributed by atoms with E-state index in [1.807, 2.05) is 39.1 Å². The molecule has 0 heterocycles. The monoisotopic (exact) mass is 291 g/mol. The van der Waals surface area contributed by atoms with Crippen LogP contribution in [0.2, 0.25) is 0 Å². The molecule has 116 valence electrons. The van der Waals surface area contributed by atoms with Crippen LogP contribution in [-0.4, -0.2) is 25.3 Å². The van der Waals surface area contributed by atoms with Crippen LogP contribution in [0.25, 0.3) is 0 Å². The fourth-order valence-electron chi connectivity index (χ4n) is 2.49. The van der Waals surface area contributed by atoms with Crippen molar-refractivity contribution < 1.29 is 14.3 Å². The Morgan fingerprint density at radius 3 is 2.43 bits per heavy atom. The van der Waals surface area contributed by atoms with Crippen molar-refractivity contribution in [3.8, 4) is 5.75 Å². The third-order valence-electron chi connectivity index (χ3n) is 3.38. The lowest BCUT2D eigenvalue weighted by Crippen LogP contribution is -2.23. The molecule has 0 saturated carbocycles. The molecule has 0 amide bonds. The summed E-state index contributed by atoms with van der Waals surface area (Å²) < 4.78 is 5.31. The Kier molecular flexibility index (Phi) is 6.09. The van der Waals surface area contributed by atoms with E-state index >= 15 is 0 Å². The van der Waals surface area contributed by atoms with Gasteiger partial charge in [-0.3, -0.25) is 9.59 Å². The first-order chi connectivity index (χ1) is 9.76. The average molecular weight is 291 g/mol. The molecular formula is C17H25NO3. The molecule has 1 aromatic rings. The van der Waals surface area contributed by atoms with Crippen LogP contribution in [0.4, 0.5) is 0 Å². The van der Waals surface area contributed by atoms with E-state index in [9.17, 15) is 9.59 Å². The molecule has 1 aromatic carbocycles. The molecule has 0 atom stereocenters. The number of esters is 1. The first-order valence-electron chi connectivity index (χ1n) is 7.22. The van der Waals surface area contributed by atoms with Crippen molar-refractivity contribution in [3.05, 3.63) is 29.3 Å². The summed E-state index contributed by atoms with van der Waals surface area (Å²) in [7, 11) is 1.91. The standard InChI is InChI=1S/C17H25NO3/c1-12(19)11-17(3,4)15-10-14(8-9-18-5)6-7-16(15)21-13(2)20/h6-7,10,18H,8-9,11H2,1-5H3. The highest BCUT2D eigenvalue weighted by molar-refractivity contribution is 5.77. The number of rotatable bonds is 7. The van der Waals surface area contributed by atoms with Crippen molar-refractivity contribution in [2.24, 2.45) is 0 Å². The number of ketones is 1. The van der Waals surface area contributed by atoms with Gasteiger partial charge in [0.1, 0.15) is 11.5 Å². The van der Waals surface area contributed by atoms with Gasteiger partial charge >= 0.3 is 5.97 Å². The van der Waals surface area contributed by atoms with E-state index in [0.29, 0.717) is 12.2 Å². The van der Waals surface area contributed by atoms with Gasteiger partial charge in [0.05, 0.1) is 0 Å². The lowest BCUT2D eigenvalue weighted by atomic mass is 9.79. The molecule has 0 unspecified atom stereocenters. The minimum atomic E-state index is -0.369. The van der Waals surface area contributed by atoms with Crippen LogP contribution >= 0.6 is 0 Å². The molecule has 0 aromatic heterocycles. The molecule has 0 fully saturated rings. The largest absolute Gasteiger partial charge is 0.426 e. The smallest absolute Gasteiger partial charge is 0.308 e. The summed E-state index contributed by atoms with van der Waals surface area (Å²) in [6, 6.07) is 5.82. The molecule has 0 spiro atoms. The molecule has 21 heavy (non-hydrogen) atoms. The molecule has 0 aliphatic heterocycles. The van der Waals surface area contributed by atoms with E-state index in [1.54, 1.807) is 6.92 Å². The van der Waals surface area contributed by atoms with Gasteiger partial charge < -0.3 is 10.1 Å². The molecule has 1 N–H and O–H groups in total. The fourth-order valence-corrected chi connectivity index (χ4v) is 2.49. The van der Waals surface area contributed by atoms with Gasteiger partial charge in [-0.1, -0.05) is 26.0 Å². The van der Waals surface area contributed by atoms with Crippen LogP contribution in [0.3, 0.4) is 0 Å². The SMILES string of the molecule is CNCCc1ccc(OC(C)=O)c(C(C)(C)CC(C)=O)c1. The van der Waals surface area contributed by atoms with Crippen LogP contribution in [0.5, 0.6) is 5.75 Å². The maximum absolute atomic E-state index is 11.5. The normalized spacial score (nSPS) is 11.3. The van der Waals surface area contributed by atoms with Gasteiger partial charge in [-0.2, -0.15) is 0 Å². The topological polar surface area (TPSA) is 55.4 Å². The van der Waals surface area contributed by atoms with Crippen LogP contribution in [0.1, 0.15) is 45.2 Å². The Morgan fingerprint density at radius 1 is 1.24 bits per heavy atom. The second-order valence-electron chi connectivity index (χ2n) is 6.04. The second-order valence-corrected chi connectivity index (χ2v) is 6.04. The fraction of sp³-hybridized carbons (Fsp3) is 0.529. The summed E-state index contributed by atoms with van der Waals surface area (Å²) in [5, 5.41) is 3.11. The molecule has 4 heteroatoms. The quantitative estimate of drug-likeness (QED) is 0.620. The van der Waals surface area contributed by atoms with E-state index < -0.39 is 0 Å². The summed E-state index contributed by atoms with van der Waals surface area (Å²) >= 11 is 0. The summed E-state index contributed by atoms with van der Waals surface area (Å²) in [6.45, 7) is 7.84. The highest BCUT2D eigenvalue weighted by Gasteiger charge is 2.27. The third-order valence-corrected chi connectivity index (χ3v) is 3.38. The number of Topliss-reactive ketones (excluding diaryl/α,β-unsaturated/α-hetero) is 1. The maximum atomic E-state index is 11.5. The molecule has 0 bridgehead atoms. The van der Waals surface area contributed by atoms with Gasteiger partial charge in [0.25, 0.3) is 0 Å². The minimum absolute atomic E-state index is 0.120. The predicted molar refractivity (Wildman–Crippen MR) is 83.7 cm³/mol. The Labute approximate surface area is 126 Å². The molecule has 0 saturated heterocycles. The maximum Gasteiger partial charge on any atom is 0.308 e. The highest BCUT2D eigenvalue weighted by atomic mass is 16.5. The van der Waals surface area contributed by atoms with E-state index in [4.69, 9.17) is 4.74 Å². The third kappa shape index (κ3) is 5.31. The number of ether oxygens (including phenoxy) is 1. The van der Waals surface area contributed by atoms with Gasteiger partial charge in [-0.25, -0.2) is 0 Å². The van der Waals surface area contributed by atoms with Crippen molar-refractivity contribution in [1.82, 2.24) is 5.32 Å². The molecule has 0 aliphatic carbocycles. The van der Waals surface area contributed by atoms with Crippen molar-refractivity contribution in [2.45, 2.75) is 46.0 Å². The number of benzene rings is 1. The van der Waals surface area contributed by atoms with E-state index in [-0.39, 0.29) is 17.2 Å². The summed E-state index contributed by atoms with van der Waals surface area (Å²) in [6.07, 6.45) is 1.30. The molecule has 1 rings (SSSR count). The van der Waals surface area contributed by atoms with Crippen molar-refractivity contribution in [2.75, 3.05) is 13.6 Å². The number of nitrogens with one attached hydrogen (secondary N) is 1. The van der Waals surface area contributed by atoms with Gasteiger partial charge in [0.15, 0.2) is 0 Å². The van der Waals surface area contributed by atoms with Crippen LogP contribution in [0, 0.1) is 0 Å². The summed E-state index contributed by atoms with van der Waals surface area (Å²) in [4.78, 5) is 22.8. The van der Waals surface area contributed by atoms with Crippen molar-refractivity contribution >= 4 is 11.8 Å². The van der Waals surface area contributed by atoms with Crippen molar-refractivity contribution in [1.29, 1.82) is 0 Å². The molecule has 4 nitrogen and oxygen atoms in total. The van der Waals surface area contributed by atoms with E-state index in [2.05, 4.69) is 5.32 Å². The zero-order valence-electron chi connectivity index (χ0n) is 13.6. The number of carbonyl (C=O) groups excluding carboxylic acids is 2. The molecule has 0 aliphatic rings. The zero-order valence-corrected chi connectivity index (χ0v) is 13.6. The second kappa shape index (κ2) is 7.36. The van der Waals surface area contributed by atoms with Crippen LogP contribution in [-0.2, 0) is 21.4 Å². The number of hydrogen-bond donors (Lipinski definition) is 1. The lowest BCUT2D eigenvalue weighted by molar-refractivity contribution is -0.131. The molecule has 0 radical (unpaired) electrons. The summed E-state index contributed by atoms with van der Waals surface area (Å²) in [5.41, 5.74) is 1.69. The van der Waals surface area contributed by atoms with Gasteiger partial charge in [0.2, 0.25) is 0 Å². The number of carbonyl (C=O) groups is 2. The Bertz CT molecular complexity index is 521. The minimum Gasteiger partial charge on any atom is -0.426 e. The number of likely N-dealkylation sites (N-methyl/N-ethyl adjacent to an activating group) is 1. The zero-order chi connectivity index (χ0) is 16.0. The molecular weight excluding hydrogens is 266 g/mol. The average Bonchev–Trinajstić information content (AvgIpc) is 2.35. The lowest BCUT2D eigenvalue weighted by Gasteiger charge is -2.26. The summed E-state index contributed by atoms with van der Waals surface area (Å²) in [5.74, 6) is 0.314. The van der Waals surface area contributed by atoms with E-state index in [1.165, 1.54) is 6.92 Å². The van der Waals surface area contributed by atoms with Crippen LogP contribution < -0.4 is 10.1 Å². The Morgan fingerprint density at radius 2 is 1.90 bits per heavy atom. The van der Waals surface area contributed by atoms with Gasteiger partial charge in [0, 0.05) is 24.3 Å².